The molecular weight excluding hydrogens is 368 g/mol. The Morgan fingerprint density at radius 3 is 2.69 bits per heavy atom. The Morgan fingerprint density at radius 2 is 2.12 bits per heavy atom. The molecule has 1 aliphatic rings. The molecule has 0 saturated carbocycles. The number of benzene rings is 1. The van der Waals surface area contributed by atoms with E-state index in [0.29, 0.717) is 16.7 Å². The van der Waals surface area contributed by atoms with Crippen LogP contribution in [0.1, 0.15) is 12.5 Å². The molecule has 1 aromatic rings. The number of hydrogen-bond acceptors (Lipinski definition) is 9. The largest absolute Gasteiger partial charge is 0.504 e. The maximum Gasteiger partial charge on any atom is 0.326 e. The number of carbonyl (C=O) groups is 3. The van der Waals surface area contributed by atoms with Crippen molar-refractivity contribution in [1.82, 2.24) is 4.90 Å². The molecule has 0 aliphatic carbocycles. The SMILES string of the molecule is CCOC(=O)CN1C(=O)S/C(=C\c2cc([N+](=O)[O-])cc(OC)c2O)C1=O. The van der Waals surface area contributed by atoms with Crippen LogP contribution in [0.2, 0.25) is 0 Å². The molecule has 2 rings (SSSR count). The van der Waals surface area contributed by atoms with Gasteiger partial charge in [-0.25, -0.2) is 0 Å². The van der Waals surface area contributed by atoms with E-state index in [9.17, 15) is 29.6 Å². The van der Waals surface area contributed by atoms with Gasteiger partial charge in [0.2, 0.25) is 0 Å². The number of amides is 2. The van der Waals surface area contributed by atoms with Gasteiger partial charge in [-0.2, -0.15) is 0 Å². The molecule has 26 heavy (non-hydrogen) atoms. The summed E-state index contributed by atoms with van der Waals surface area (Å²) in [5, 5.41) is 20.4. The number of nitrogens with zero attached hydrogens (tertiary/aromatic N) is 2. The zero-order valence-electron chi connectivity index (χ0n) is 13.8. The van der Waals surface area contributed by atoms with Crippen LogP contribution >= 0.6 is 11.8 Å². The van der Waals surface area contributed by atoms with E-state index in [1.807, 2.05) is 0 Å². The van der Waals surface area contributed by atoms with E-state index in [-0.39, 0.29) is 28.5 Å². The lowest BCUT2D eigenvalue weighted by Crippen LogP contribution is -2.34. The molecule has 2 amide bonds. The van der Waals surface area contributed by atoms with Crippen LogP contribution in [0.5, 0.6) is 11.5 Å². The molecule has 11 heteroatoms. The Bertz CT molecular complexity index is 820. The Kier molecular flexibility index (Phi) is 5.82. The number of nitro benzene ring substituents is 1. The number of hydrogen-bond donors (Lipinski definition) is 1. The molecule has 1 saturated heterocycles. The second kappa shape index (κ2) is 7.87. The summed E-state index contributed by atoms with van der Waals surface area (Å²) in [6.07, 6.45) is 1.13. The predicted octanol–water partition coefficient (Wildman–Crippen LogP) is 1.91. The fraction of sp³-hybridized carbons (Fsp3) is 0.267. The Hall–Kier alpha value is -3.08. The fourth-order valence-electron chi connectivity index (χ4n) is 2.10. The van der Waals surface area contributed by atoms with Crippen molar-refractivity contribution in [3.63, 3.8) is 0 Å². The molecule has 0 radical (unpaired) electrons. The van der Waals surface area contributed by atoms with Crippen molar-refractivity contribution in [2.45, 2.75) is 6.92 Å². The summed E-state index contributed by atoms with van der Waals surface area (Å²) in [4.78, 5) is 46.6. The summed E-state index contributed by atoms with van der Waals surface area (Å²) >= 11 is 0.542. The highest BCUT2D eigenvalue weighted by Gasteiger charge is 2.37. The van der Waals surface area contributed by atoms with Gasteiger partial charge in [0.1, 0.15) is 6.54 Å². The number of phenolic OH excluding ortho intramolecular Hbond substituents is 1. The number of nitro groups is 1. The minimum atomic E-state index is -0.766. The lowest BCUT2D eigenvalue weighted by atomic mass is 10.1. The van der Waals surface area contributed by atoms with Gasteiger partial charge < -0.3 is 14.6 Å². The van der Waals surface area contributed by atoms with E-state index in [0.717, 1.165) is 18.2 Å². The first kappa shape index (κ1) is 19.2. The minimum absolute atomic E-state index is 0.0716. The van der Waals surface area contributed by atoms with Gasteiger partial charge in [-0.15, -0.1) is 0 Å². The van der Waals surface area contributed by atoms with Gasteiger partial charge in [0.15, 0.2) is 11.5 Å². The van der Waals surface area contributed by atoms with Gasteiger partial charge >= 0.3 is 5.97 Å². The van der Waals surface area contributed by atoms with E-state index in [2.05, 4.69) is 0 Å². The third kappa shape index (κ3) is 3.94. The van der Waals surface area contributed by atoms with Crippen molar-refractivity contribution in [2.75, 3.05) is 20.3 Å². The average Bonchev–Trinajstić information content (AvgIpc) is 2.84. The predicted molar refractivity (Wildman–Crippen MR) is 90.6 cm³/mol. The van der Waals surface area contributed by atoms with Crippen molar-refractivity contribution in [1.29, 1.82) is 0 Å². The first-order valence-electron chi connectivity index (χ1n) is 7.24. The molecule has 0 spiro atoms. The number of non-ortho nitro benzene ring substituents is 1. The molecule has 0 unspecified atom stereocenters. The summed E-state index contributed by atoms with van der Waals surface area (Å²) in [6, 6.07) is 2.07. The molecule has 1 aliphatic heterocycles. The van der Waals surface area contributed by atoms with Crippen LogP contribution in [-0.4, -0.2) is 52.3 Å². The van der Waals surface area contributed by atoms with Gasteiger partial charge in [0.05, 0.1) is 29.6 Å². The molecular formula is C15H14N2O8S. The smallest absolute Gasteiger partial charge is 0.326 e. The van der Waals surface area contributed by atoms with E-state index in [1.54, 1.807) is 6.92 Å². The maximum atomic E-state index is 12.3. The van der Waals surface area contributed by atoms with Crippen molar-refractivity contribution in [3.05, 3.63) is 32.7 Å². The normalized spacial score (nSPS) is 15.5. The van der Waals surface area contributed by atoms with Gasteiger partial charge in [-0.3, -0.25) is 29.4 Å². The first-order valence-corrected chi connectivity index (χ1v) is 8.06. The van der Waals surface area contributed by atoms with Crippen LogP contribution in [0, 0.1) is 10.1 Å². The van der Waals surface area contributed by atoms with Crippen LogP contribution in [-0.2, 0) is 14.3 Å². The number of carbonyl (C=O) groups excluding carboxylic acids is 3. The number of esters is 1. The fourth-order valence-corrected chi connectivity index (χ4v) is 2.93. The first-order chi connectivity index (χ1) is 12.3. The second-order valence-electron chi connectivity index (χ2n) is 4.92. The topological polar surface area (TPSA) is 136 Å². The van der Waals surface area contributed by atoms with Gasteiger partial charge in [0.25, 0.3) is 16.8 Å². The molecule has 138 valence electrons. The number of imide groups is 1. The van der Waals surface area contributed by atoms with Crippen molar-refractivity contribution < 1.29 is 33.9 Å². The highest BCUT2D eigenvalue weighted by Crippen LogP contribution is 2.39. The number of ether oxygens (including phenoxy) is 2. The third-order valence-corrected chi connectivity index (χ3v) is 4.18. The van der Waals surface area contributed by atoms with E-state index >= 15 is 0 Å². The molecule has 1 aromatic carbocycles. The third-order valence-electron chi connectivity index (χ3n) is 3.27. The summed E-state index contributed by atoms with van der Waals surface area (Å²) in [5.74, 6) is -2.08. The number of aromatic hydroxyl groups is 1. The van der Waals surface area contributed by atoms with Crippen LogP contribution in [0.15, 0.2) is 17.0 Å². The molecule has 1 heterocycles. The molecule has 1 fully saturated rings. The molecule has 0 atom stereocenters. The van der Waals surface area contributed by atoms with E-state index in [4.69, 9.17) is 9.47 Å². The summed E-state index contributed by atoms with van der Waals surface area (Å²) in [5.41, 5.74) is -0.436. The number of phenols is 1. The van der Waals surface area contributed by atoms with E-state index < -0.39 is 34.3 Å². The Balaban J connectivity index is 2.37. The van der Waals surface area contributed by atoms with Crippen molar-refractivity contribution in [2.24, 2.45) is 0 Å². The van der Waals surface area contributed by atoms with Crippen LogP contribution < -0.4 is 4.74 Å². The zero-order chi connectivity index (χ0) is 19.4. The minimum Gasteiger partial charge on any atom is -0.504 e. The monoisotopic (exact) mass is 382 g/mol. The summed E-state index contributed by atoms with van der Waals surface area (Å²) in [6.45, 7) is 1.15. The second-order valence-corrected chi connectivity index (χ2v) is 5.91. The Labute approximate surface area is 151 Å². The van der Waals surface area contributed by atoms with Gasteiger partial charge in [-0.1, -0.05) is 0 Å². The lowest BCUT2D eigenvalue weighted by Gasteiger charge is -2.10. The number of methoxy groups -OCH3 is 1. The molecule has 1 N–H and O–H groups in total. The zero-order valence-corrected chi connectivity index (χ0v) is 14.6. The average molecular weight is 382 g/mol. The van der Waals surface area contributed by atoms with Gasteiger partial charge in [-0.05, 0) is 24.8 Å². The lowest BCUT2D eigenvalue weighted by molar-refractivity contribution is -0.385. The standard InChI is InChI=1S/C15H14N2O8S/c1-3-25-12(18)7-16-14(20)11(26-15(16)21)5-8-4-9(17(22)23)6-10(24-2)13(8)19/h4-6,19H,3,7H2,1-2H3/b11-5-. The van der Waals surface area contributed by atoms with Crippen LogP contribution in [0.4, 0.5) is 10.5 Å². The summed E-state index contributed by atoms with van der Waals surface area (Å²) in [7, 11) is 1.22. The van der Waals surface area contributed by atoms with Crippen molar-refractivity contribution >= 4 is 40.6 Å². The van der Waals surface area contributed by atoms with Gasteiger partial charge in [0, 0.05) is 11.6 Å². The van der Waals surface area contributed by atoms with E-state index in [1.165, 1.54) is 7.11 Å². The highest BCUT2D eigenvalue weighted by molar-refractivity contribution is 8.18. The number of rotatable bonds is 6. The van der Waals surface area contributed by atoms with Crippen LogP contribution in [0.3, 0.4) is 0 Å². The highest BCUT2D eigenvalue weighted by atomic mass is 32.2. The van der Waals surface area contributed by atoms with Crippen molar-refractivity contribution in [3.8, 4) is 11.5 Å². The Morgan fingerprint density at radius 1 is 1.42 bits per heavy atom. The molecule has 0 bridgehead atoms. The molecule has 0 aromatic heterocycles. The summed E-state index contributed by atoms with van der Waals surface area (Å²) < 4.78 is 9.58. The molecule has 10 nitrogen and oxygen atoms in total. The number of thioether (sulfide) groups is 1. The van der Waals surface area contributed by atoms with Crippen LogP contribution in [0.25, 0.3) is 6.08 Å². The maximum absolute atomic E-state index is 12.3. The quantitative estimate of drug-likeness (QED) is 0.338.